The Balaban J connectivity index is 2.01. The maximum atomic E-state index is 9.67. The quantitative estimate of drug-likeness (QED) is 0.639. The number of halogens is 1. The van der Waals surface area contributed by atoms with Crippen LogP contribution in [0.3, 0.4) is 0 Å². The summed E-state index contributed by atoms with van der Waals surface area (Å²) in [4.78, 5) is 1.14. The van der Waals surface area contributed by atoms with Gasteiger partial charge in [-0.3, -0.25) is 0 Å². The Morgan fingerprint density at radius 1 is 1.11 bits per heavy atom. The molecule has 0 aromatic heterocycles. The molecule has 94 valence electrons. The molecule has 2 nitrogen and oxygen atoms in total. The van der Waals surface area contributed by atoms with Gasteiger partial charge in [0.25, 0.3) is 0 Å². The molecule has 0 fully saturated rings. The van der Waals surface area contributed by atoms with Crippen molar-refractivity contribution in [3.05, 3.63) is 60.2 Å². The summed E-state index contributed by atoms with van der Waals surface area (Å²) in [6, 6.07) is 17.7. The summed E-state index contributed by atoms with van der Waals surface area (Å²) in [6.07, 6.45) is -0.616. The van der Waals surface area contributed by atoms with Crippen molar-refractivity contribution in [2.24, 2.45) is 0 Å². The first-order valence-corrected chi connectivity index (χ1v) is 6.96. The number of aliphatic hydroxyl groups is 1. The molecule has 0 aliphatic heterocycles. The van der Waals surface area contributed by atoms with Crippen molar-refractivity contribution in [3.63, 3.8) is 0 Å². The van der Waals surface area contributed by atoms with Crippen LogP contribution in [0.4, 0.5) is 5.69 Å². The van der Waals surface area contributed by atoms with Crippen LogP contribution in [0.25, 0.3) is 0 Å². The first kappa shape index (κ1) is 13.3. The van der Waals surface area contributed by atoms with Crippen LogP contribution < -0.4 is 4.72 Å². The Kier molecular flexibility index (Phi) is 4.93. The second-order valence-electron chi connectivity index (χ2n) is 3.81. The Labute approximate surface area is 116 Å². The SMILES string of the molecule is OC(CCl)c1cccc(NSc2ccccc2)c1. The summed E-state index contributed by atoms with van der Waals surface area (Å²) in [6.45, 7) is 0. The van der Waals surface area contributed by atoms with Gasteiger partial charge < -0.3 is 9.83 Å². The smallest absolute Gasteiger partial charge is 0.0926 e. The highest BCUT2D eigenvalue weighted by molar-refractivity contribution is 8.00. The fraction of sp³-hybridized carbons (Fsp3) is 0.143. The summed E-state index contributed by atoms with van der Waals surface area (Å²) in [5, 5.41) is 9.67. The van der Waals surface area contributed by atoms with Gasteiger partial charge in [-0.2, -0.15) is 0 Å². The zero-order valence-electron chi connectivity index (χ0n) is 9.71. The van der Waals surface area contributed by atoms with Crippen molar-refractivity contribution >= 4 is 29.2 Å². The summed E-state index contributed by atoms with van der Waals surface area (Å²) in [5.74, 6) is 0.204. The summed E-state index contributed by atoms with van der Waals surface area (Å²) in [5.41, 5.74) is 1.77. The maximum absolute atomic E-state index is 9.67. The third-order valence-corrected chi connectivity index (χ3v) is 3.59. The van der Waals surface area contributed by atoms with Crippen molar-refractivity contribution in [1.82, 2.24) is 0 Å². The van der Waals surface area contributed by atoms with E-state index in [-0.39, 0.29) is 5.88 Å². The Hall–Kier alpha value is -1.16. The van der Waals surface area contributed by atoms with Gasteiger partial charge in [0, 0.05) is 10.6 Å². The van der Waals surface area contributed by atoms with Crippen LogP contribution in [-0.4, -0.2) is 11.0 Å². The Morgan fingerprint density at radius 3 is 2.61 bits per heavy atom. The molecule has 18 heavy (non-hydrogen) atoms. The molecule has 0 aliphatic carbocycles. The molecule has 1 atom stereocenters. The number of alkyl halides is 1. The van der Waals surface area contributed by atoms with Crippen molar-refractivity contribution in [2.75, 3.05) is 10.6 Å². The van der Waals surface area contributed by atoms with Gasteiger partial charge in [0.2, 0.25) is 0 Å². The predicted octanol–water partition coefficient (Wildman–Crippen LogP) is 4.08. The molecule has 2 N–H and O–H groups in total. The molecular weight excluding hydrogens is 266 g/mol. The number of hydrogen-bond acceptors (Lipinski definition) is 3. The molecule has 0 saturated heterocycles. The van der Waals surface area contributed by atoms with Crippen LogP contribution in [0.5, 0.6) is 0 Å². The lowest BCUT2D eigenvalue weighted by Crippen LogP contribution is -1.99. The molecule has 0 spiro atoms. The second-order valence-corrected chi connectivity index (χ2v) is 5.00. The average molecular weight is 280 g/mol. The molecule has 0 bridgehead atoms. The van der Waals surface area contributed by atoms with E-state index < -0.39 is 6.10 Å². The van der Waals surface area contributed by atoms with Crippen LogP contribution in [0.2, 0.25) is 0 Å². The number of benzene rings is 2. The molecule has 0 heterocycles. The van der Waals surface area contributed by atoms with Crippen molar-refractivity contribution in [3.8, 4) is 0 Å². The second kappa shape index (κ2) is 6.69. The van der Waals surface area contributed by atoms with E-state index in [4.69, 9.17) is 11.6 Å². The molecule has 0 amide bonds. The fourth-order valence-corrected chi connectivity index (χ4v) is 2.34. The molecule has 0 aliphatic rings. The number of rotatable bonds is 5. The van der Waals surface area contributed by atoms with E-state index in [1.165, 1.54) is 11.9 Å². The average Bonchev–Trinajstić information content (AvgIpc) is 2.45. The maximum Gasteiger partial charge on any atom is 0.0926 e. The first-order chi connectivity index (χ1) is 8.79. The molecule has 2 aromatic carbocycles. The zero-order valence-corrected chi connectivity index (χ0v) is 11.3. The minimum Gasteiger partial charge on any atom is -0.387 e. The molecule has 1 unspecified atom stereocenters. The minimum absolute atomic E-state index is 0.204. The van der Waals surface area contributed by atoms with Gasteiger partial charge in [0.15, 0.2) is 0 Å². The van der Waals surface area contributed by atoms with E-state index in [1.54, 1.807) is 0 Å². The molecular formula is C14H14ClNOS. The Bertz CT molecular complexity index is 492. The van der Waals surface area contributed by atoms with Crippen molar-refractivity contribution < 1.29 is 5.11 Å². The van der Waals surface area contributed by atoms with Crippen molar-refractivity contribution in [1.29, 1.82) is 0 Å². The van der Waals surface area contributed by atoms with Crippen LogP contribution in [-0.2, 0) is 0 Å². The number of anilines is 1. The van der Waals surface area contributed by atoms with E-state index in [2.05, 4.69) is 4.72 Å². The van der Waals surface area contributed by atoms with Gasteiger partial charge >= 0.3 is 0 Å². The van der Waals surface area contributed by atoms with Crippen LogP contribution in [0.15, 0.2) is 59.5 Å². The standard InChI is InChI=1S/C14H14ClNOS/c15-10-14(17)11-5-4-6-12(9-11)16-18-13-7-2-1-3-8-13/h1-9,14,16-17H,10H2. The molecule has 2 aromatic rings. The van der Waals surface area contributed by atoms with Gasteiger partial charge in [-0.25, -0.2) is 0 Å². The Morgan fingerprint density at radius 2 is 1.89 bits per heavy atom. The zero-order chi connectivity index (χ0) is 12.8. The summed E-state index contributed by atoms with van der Waals surface area (Å²) in [7, 11) is 0. The fourth-order valence-electron chi connectivity index (χ4n) is 1.50. The third-order valence-electron chi connectivity index (χ3n) is 2.45. The van der Waals surface area contributed by atoms with Gasteiger partial charge in [-0.05, 0) is 41.8 Å². The normalized spacial score (nSPS) is 12.1. The predicted molar refractivity (Wildman–Crippen MR) is 78.0 cm³/mol. The number of aliphatic hydroxyl groups excluding tert-OH is 1. The van der Waals surface area contributed by atoms with Crippen molar-refractivity contribution in [2.45, 2.75) is 11.0 Å². The van der Waals surface area contributed by atoms with Gasteiger partial charge in [-0.15, -0.1) is 11.6 Å². The lowest BCUT2D eigenvalue weighted by molar-refractivity contribution is 0.203. The van der Waals surface area contributed by atoms with Crippen LogP contribution >= 0.6 is 23.5 Å². The third kappa shape index (κ3) is 3.67. The number of nitrogens with one attached hydrogen (secondary N) is 1. The lowest BCUT2D eigenvalue weighted by atomic mass is 10.1. The lowest BCUT2D eigenvalue weighted by Gasteiger charge is -2.10. The summed E-state index contributed by atoms with van der Waals surface area (Å²) >= 11 is 7.17. The topological polar surface area (TPSA) is 32.3 Å². The van der Waals surface area contributed by atoms with E-state index >= 15 is 0 Å². The van der Waals surface area contributed by atoms with E-state index in [1.807, 2.05) is 54.6 Å². The highest BCUT2D eigenvalue weighted by Gasteiger charge is 2.06. The molecule has 2 rings (SSSR count). The highest BCUT2D eigenvalue weighted by Crippen LogP contribution is 2.23. The van der Waals surface area contributed by atoms with Crippen LogP contribution in [0, 0.1) is 0 Å². The largest absolute Gasteiger partial charge is 0.387 e. The van der Waals surface area contributed by atoms with E-state index in [9.17, 15) is 5.11 Å². The van der Waals surface area contributed by atoms with Gasteiger partial charge in [0.1, 0.15) is 0 Å². The highest BCUT2D eigenvalue weighted by atomic mass is 35.5. The number of hydrogen-bond donors (Lipinski definition) is 2. The molecule has 4 heteroatoms. The first-order valence-electron chi connectivity index (χ1n) is 5.61. The summed E-state index contributed by atoms with van der Waals surface area (Å²) < 4.78 is 3.24. The minimum atomic E-state index is -0.616. The van der Waals surface area contributed by atoms with Gasteiger partial charge in [0.05, 0.1) is 12.0 Å². The van der Waals surface area contributed by atoms with Gasteiger partial charge in [-0.1, -0.05) is 30.3 Å². The monoisotopic (exact) mass is 279 g/mol. The van der Waals surface area contributed by atoms with Crippen LogP contribution in [0.1, 0.15) is 11.7 Å². The molecule has 0 saturated carbocycles. The van der Waals surface area contributed by atoms with E-state index in [0.717, 1.165) is 16.1 Å². The molecule has 0 radical (unpaired) electrons. The van der Waals surface area contributed by atoms with E-state index in [0.29, 0.717) is 0 Å².